The highest BCUT2D eigenvalue weighted by Crippen LogP contribution is 2.37. The molecule has 1 fully saturated rings. The monoisotopic (exact) mass is 388 g/mol. The van der Waals surface area contributed by atoms with E-state index < -0.39 is 5.92 Å². The summed E-state index contributed by atoms with van der Waals surface area (Å²) in [5, 5.41) is 3.29. The number of benzene rings is 2. The Labute approximate surface area is 160 Å². The van der Waals surface area contributed by atoms with Crippen LogP contribution in [-0.4, -0.2) is 32.3 Å². The third kappa shape index (κ3) is 3.38. The quantitative estimate of drug-likeness (QED) is 0.871. The first-order valence-electron chi connectivity index (χ1n) is 8.39. The van der Waals surface area contributed by atoms with E-state index in [1.54, 1.807) is 41.3 Å². The molecule has 2 aromatic carbocycles. The van der Waals surface area contributed by atoms with E-state index in [2.05, 4.69) is 5.32 Å². The molecule has 1 N–H and O–H groups in total. The number of methoxy groups -OCH3 is 1. The first-order valence-corrected chi connectivity index (χ1v) is 8.77. The molecule has 0 aromatic heterocycles. The second-order valence-electron chi connectivity index (χ2n) is 6.28. The lowest BCUT2D eigenvalue weighted by Crippen LogP contribution is -2.28. The van der Waals surface area contributed by atoms with Gasteiger partial charge in [-0.05, 0) is 30.3 Å². The molecule has 2 amide bonds. The van der Waals surface area contributed by atoms with E-state index in [0.29, 0.717) is 33.6 Å². The van der Waals surface area contributed by atoms with Crippen molar-refractivity contribution in [2.45, 2.75) is 6.42 Å². The Balaban J connectivity index is 1.49. The van der Waals surface area contributed by atoms with Crippen molar-refractivity contribution in [1.29, 1.82) is 0 Å². The zero-order valence-corrected chi connectivity index (χ0v) is 15.3. The van der Waals surface area contributed by atoms with Crippen LogP contribution in [0.1, 0.15) is 6.42 Å². The minimum Gasteiger partial charge on any atom is -0.495 e. The summed E-state index contributed by atoms with van der Waals surface area (Å²) in [4.78, 5) is 26.7. The maximum Gasteiger partial charge on any atom is 0.231 e. The summed E-state index contributed by atoms with van der Waals surface area (Å²) in [6.07, 6.45) is 0.128. The van der Waals surface area contributed by atoms with Crippen molar-refractivity contribution in [2.24, 2.45) is 5.92 Å². The molecule has 2 heterocycles. The van der Waals surface area contributed by atoms with Gasteiger partial charge in [0.15, 0.2) is 11.5 Å². The number of nitrogens with one attached hydrogen (secondary N) is 1. The van der Waals surface area contributed by atoms with Crippen molar-refractivity contribution in [3.8, 4) is 17.2 Å². The van der Waals surface area contributed by atoms with Crippen molar-refractivity contribution in [3.05, 3.63) is 41.4 Å². The van der Waals surface area contributed by atoms with E-state index in [0.717, 1.165) is 0 Å². The lowest BCUT2D eigenvalue weighted by atomic mass is 10.1. The standard InChI is InChI=1S/C19H17ClN2O5/c1-25-15-4-2-12(20)7-14(15)21-19(24)11-6-18(23)22(9-11)13-3-5-16-17(8-13)27-10-26-16/h2-5,7-8,11H,6,9-10H2,1H3,(H,21,24). The zero-order chi connectivity index (χ0) is 19.0. The van der Waals surface area contributed by atoms with E-state index in [1.165, 1.54) is 7.11 Å². The van der Waals surface area contributed by atoms with Gasteiger partial charge < -0.3 is 24.4 Å². The molecule has 0 radical (unpaired) electrons. The minimum absolute atomic E-state index is 0.118. The second kappa shape index (κ2) is 7.00. The predicted molar refractivity (Wildman–Crippen MR) is 99.7 cm³/mol. The van der Waals surface area contributed by atoms with Gasteiger partial charge in [0.2, 0.25) is 18.6 Å². The van der Waals surface area contributed by atoms with E-state index in [-0.39, 0.29) is 31.6 Å². The van der Waals surface area contributed by atoms with Crippen molar-refractivity contribution in [3.63, 3.8) is 0 Å². The molecule has 1 unspecified atom stereocenters. The number of fused-ring (bicyclic) bond motifs is 1. The molecule has 2 aromatic rings. The Morgan fingerprint density at radius 2 is 2.04 bits per heavy atom. The normalized spacial score (nSPS) is 17.9. The third-order valence-corrected chi connectivity index (χ3v) is 4.82. The minimum atomic E-state index is -0.480. The van der Waals surface area contributed by atoms with Gasteiger partial charge in [0.1, 0.15) is 5.75 Å². The Hall–Kier alpha value is -2.93. The maximum atomic E-state index is 12.7. The number of rotatable bonds is 4. The number of carbonyl (C=O) groups is 2. The highest BCUT2D eigenvalue weighted by molar-refractivity contribution is 6.31. The Morgan fingerprint density at radius 1 is 1.22 bits per heavy atom. The molecular weight excluding hydrogens is 372 g/mol. The molecule has 0 bridgehead atoms. The van der Waals surface area contributed by atoms with E-state index in [9.17, 15) is 9.59 Å². The fourth-order valence-electron chi connectivity index (χ4n) is 3.20. The summed E-state index contributed by atoms with van der Waals surface area (Å²) in [6.45, 7) is 0.451. The zero-order valence-electron chi connectivity index (χ0n) is 14.5. The summed E-state index contributed by atoms with van der Waals surface area (Å²) in [5.41, 5.74) is 1.16. The van der Waals surface area contributed by atoms with Crippen molar-refractivity contribution in [2.75, 3.05) is 30.7 Å². The van der Waals surface area contributed by atoms with Crippen molar-refractivity contribution < 1.29 is 23.8 Å². The van der Waals surface area contributed by atoms with Gasteiger partial charge in [-0.15, -0.1) is 0 Å². The van der Waals surface area contributed by atoms with Gasteiger partial charge in [-0.25, -0.2) is 0 Å². The Kier molecular flexibility index (Phi) is 4.53. The van der Waals surface area contributed by atoms with Gasteiger partial charge in [0, 0.05) is 29.7 Å². The Morgan fingerprint density at radius 3 is 2.85 bits per heavy atom. The predicted octanol–water partition coefficient (Wildman–Crippen LogP) is 3.07. The molecule has 1 atom stereocenters. The molecule has 2 aliphatic rings. The molecule has 0 aliphatic carbocycles. The summed E-state index contributed by atoms with van der Waals surface area (Å²) in [5.74, 6) is 0.889. The molecule has 0 spiro atoms. The maximum absolute atomic E-state index is 12.7. The van der Waals surface area contributed by atoms with Crippen LogP contribution in [0.15, 0.2) is 36.4 Å². The third-order valence-electron chi connectivity index (χ3n) is 4.58. The van der Waals surface area contributed by atoms with Crippen LogP contribution in [0.2, 0.25) is 5.02 Å². The summed E-state index contributed by atoms with van der Waals surface area (Å²) in [6, 6.07) is 10.3. The molecule has 8 heteroatoms. The van der Waals surface area contributed by atoms with E-state index in [1.807, 2.05) is 0 Å². The molecule has 140 valence electrons. The fraction of sp³-hybridized carbons (Fsp3) is 0.263. The van der Waals surface area contributed by atoms with Gasteiger partial charge in [-0.3, -0.25) is 9.59 Å². The molecule has 1 saturated heterocycles. The van der Waals surface area contributed by atoms with Gasteiger partial charge >= 0.3 is 0 Å². The average molecular weight is 389 g/mol. The molecule has 27 heavy (non-hydrogen) atoms. The van der Waals surface area contributed by atoms with Crippen molar-refractivity contribution in [1.82, 2.24) is 0 Å². The van der Waals surface area contributed by atoms with Gasteiger partial charge in [0.05, 0.1) is 18.7 Å². The van der Waals surface area contributed by atoms with Crippen LogP contribution >= 0.6 is 11.6 Å². The number of hydrogen-bond acceptors (Lipinski definition) is 5. The van der Waals surface area contributed by atoms with Crippen LogP contribution in [0.25, 0.3) is 0 Å². The van der Waals surface area contributed by atoms with Crippen molar-refractivity contribution >= 4 is 34.8 Å². The highest BCUT2D eigenvalue weighted by Gasteiger charge is 2.36. The van der Waals surface area contributed by atoms with E-state index >= 15 is 0 Å². The number of hydrogen-bond donors (Lipinski definition) is 1. The number of halogens is 1. The lowest BCUT2D eigenvalue weighted by Gasteiger charge is -2.17. The number of nitrogens with zero attached hydrogens (tertiary/aromatic N) is 1. The number of ether oxygens (including phenoxy) is 3. The number of amides is 2. The number of carbonyl (C=O) groups excluding carboxylic acids is 2. The largest absolute Gasteiger partial charge is 0.495 e. The fourth-order valence-corrected chi connectivity index (χ4v) is 3.37. The molecule has 2 aliphatic heterocycles. The van der Waals surface area contributed by atoms with Crippen LogP contribution in [0.5, 0.6) is 17.2 Å². The second-order valence-corrected chi connectivity index (χ2v) is 6.71. The topological polar surface area (TPSA) is 77.1 Å². The summed E-state index contributed by atoms with van der Waals surface area (Å²) in [7, 11) is 1.51. The van der Waals surface area contributed by atoms with Crippen LogP contribution in [0.4, 0.5) is 11.4 Å². The summed E-state index contributed by atoms with van der Waals surface area (Å²) < 4.78 is 15.9. The first-order chi connectivity index (χ1) is 13.0. The van der Waals surface area contributed by atoms with Crippen LogP contribution in [0.3, 0.4) is 0 Å². The number of anilines is 2. The molecule has 7 nitrogen and oxygen atoms in total. The first kappa shape index (κ1) is 17.5. The van der Waals surface area contributed by atoms with Gasteiger partial charge in [-0.1, -0.05) is 11.6 Å². The van der Waals surface area contributed by atoms with Crippen LogP contribution in [-0.2, 0) is 9.59 Å². The van der Waals surface area contributed by atoms with Gasteiger partial charge in [-0.2, -0.15) is 0 Å². The summed E-state index contributed by atoms with van der Waals surface area (Å²) >= 11 is 6.00. The van der Waals surface area contributed by atoms with E-state index in [4.69, 9.17) is 25.8 Å². The smallest absolute Gasteiger partial charge is 0.231 e. The molecular formula is C19H17ClN2O5. The van der Waals surface area contributed by atoms with Gasteiger partial charge in [0.25, 0.3) is 0 Å². The van der Waals surface area contributed by atoms with Crippen LogP contribution in [0, 0.1) is 5.92 Å². The molecule has 0 saturated carbocycles. The SMILES string of the molecule is COc1ccc(Cl)cc1NC(=O)C1CC(=O)N(c2ccc3c(c2)OCO3)C1. The van der Waals surface area contributed by atoms with Crippen LogP contribution < -0.4 is 24.4 Å². The highest BCUT2D eigenvalue weighted by atomic mass is 35.5. The molecule has 4 rings (SSSR count). The Bertz CT molecular complexity index is 917. The lowest BCUT2D eigenvalue weighted by molar-refractivity contribution is -0.122. The average Bonchev–Trinajstić information content (AvgIpc) is 3.27.